The molecule has 1 heterocycles. The number of hydrogen-bond acceptors (Lipinski definition) is 3. The van der Waals surface area contributed by atoms with Crippen molar-refractivity contribution in [1.82, 2.24) is 0 Å². The van der Waals surface area contributed by atoms with Crippen LogP contribution in [0.1, 0.15) is 18.4 Å². The fourth-order valence-corrected chi connectivity index (χ4v) is 2.80. The predicted molar refractivity (Wildman–Crippen MR) is 93.3 cm³/mol. The lowest BCUT2D eigenvalue weighted by molar-refractivity contribution is -0.118. The van der Waals surface area contributed by atoms with Crippen molar-refractivity contribution in [3.05, 3.63) is 54.1 Å². The molecular formula is C19H20N2O3. The molecule has 0 radical (unpaired) electrons. The maximum Gasteiger partial charge on any atom is 0.262 e. The Morgan fingerprint density at radius 2 is 2.00 bits per heavy atom. The fourth-order valence-electron chi connectivity index (χ4n) is 2.80. The first-order valence-electron chi connectivity index (χ1n) is 8.02. The van der Waals surface area contributed by atoms with E-state index in [2.05, 4.69) is 5.32 Å². The largest absolute Gasteiger partial charge is 0.484 e. The summed E-state index contributed by atoms with van der Waals surface area (Å²) in [7, 11) is 0. The van der Waals surface area contributed by atoms with Crippen molar-refractivity contribution in [2.45, 2.75) is 19.8 Å². The maximum atomic E-state index is 12.0. The van der Waals surface area contributed by atoms with Crippen molar-refractivity contribution in [2.24, 2.45) is 0 Å². The Balaban J connectivity index is 1.60. The molecule has 24 heavy (non-hydrogen) atoms. The molecular weight excluding hydrogens is 304 g/mol. The van der Waals surface area contributed by atoms with Gasteiger partial charge in [0.05, 0.1) is 0 Å². The van der Waals surface area contributed by atoms with Crippen LogP contribution < -0.4 is 15.0 Å². The van der Waals surface area contributed by atoms with E-state index in [9.17, 15) is 9.59 Å². The molecule has 0 atom stereocenters. The second-order valence-electron chi connectivity index (χ2n) is 5.80. The summed E-state index contributed by atoms with van der Waals surface area (Å²) in [6, 6.07) is 14.8. The molecule has 0 saturated carbocycles. The van der Waals surface area contributed by atoms with Gasteiger partial charge in [-0.05, 0) is 49.2 Å². The number of aryl methyl sites for hydroxylation is 1. The van der Waals surface area contributed by atoms with E-state index < -0.39 is 0 Å². The van der Waals surface area contributed by atoms with Gasteiger partial charge in [-0.2, -0.15) is 0 Å². The minimum atomic E-state index is -0.219. The van der Waals surface area contributed by atoms with Gasteiger partial charge >= 0.3 is 0 Å². The average molecular weight is 324 g/mol. The number of amides is 2. The van der Waals surface area contributed by atoms with Gasteiger partial charge in [0.15, 0.2) is 6.61 Å². The van der Waals surface area contributed by atoms with Crippen LogP contribution in [0.2, 0.25) is 0 Å². The first-order chi connectivity index (χ1) is 11.6. The van der Waals surface area contributed by atoms with E-state index in [0.29, 0.717) is 17.9 Å². The smallest absolute Gasteiger partial charge is 0.262 e. The number of nitrogens with one attached hydrogen (secondary N) is 1. The Labute approximate surface area is 141 Å². The van der Waals surface area contributed by atoms with Gasteiger partial charge in [-0.25, -0.2) is 0 Å². The van der Waals surface area contributed by atoms with Gasteiger partial charge < -0.3 is 15.0 Å². The number of hydrogen-bond donors (Lipinski definition) is 1. The third-order valence-corrected chi connectivity index (χ3v) is 3.96. The summed E-state index contributed by atoms with van der Waals surface area (Å²) in [5.74, 6) is 0.598. The summed E-state index contributed by atoms with van der Waals surface area (Å²) in [6.45, 7) is 2.66. The summed E-state index contributed by atoms with van der Waals surface area (Å²) >= 11 is 0. The van der Waals surface area contributed by atoms with Crippen LogP contribution in [0, 0.1) is 6.92 Å². The molecule has 0 spiro atoms. The summed E-state index contributed by atoms with van der Waals surface area (Å²) in [4.78, 5) is 25.6. The molecule has 1 N–H and O–H groups in total. The number of ether oxygens (including phenoxy) is 1. The molecule has 124 valence electrons. The quantitative estimate of drug-likeness (QED) is 0.919. The summed E-state index contributed by atoms with van der Waals surface area (Å²) < 4.78 is 5.42. The van der Waals surface area contributed by atoms with Crippen molar-refractivity contribution >= 4 is 23.2 Å². The molecule has 2 aromatic rings. The Morgan fingerprint density at radius 3 is 2.67 bits per heavy atom. The number of anilines is 2. The summed E-state index contributed by atoms with van der Waals surface area (Å²) in [5, 5.41) is 2.81. The Kier molecular flexibility index (Phi) is 4.79. The summed E-state index contributed by atoms with van der Waals surface area (Å²) in [5.41, 5.74) is 2.58. The lowest BCUT2D eigenvalue weighted by Crippen LogP contribution is -2.24. The Bertz CT molecular complexity index is 744. The zero-order valence-electron chi connectivity index (χ0n) is 13.6. The number of benzene rings is 2. The van der Waals surface area contributed by atoms with Crippen molar-refractivity contribution in [1.29, 1.82) is 0 Å². The van der Waals surface area contributed by atoms with Crippen LogP contribution in [0.3, 0.4) is 0 Å². The van der Waals surface area contributed by atoms with Gasteiger partial charge in [-0.1, -0.05) is 18.2 Å². The first kappa shape index (κ1) is 16.1. The van der Waals surface area contributed by atoms with Crippen molar-refractivity contribution in [3.63, 3.8) is 0 Å². The normalized spacial score (nSPS) is 13.9. The third kappa shape index (κ3) is 3.74. The van der Waals surface area contributed by atoms with Gasteiger partial charge in [0.25, 0.3) is 5.91 Å². The molecule has 1 fully saturated rings. The van der Waals surface area contributed by atoms with E-state index in [4.69, 9.17) is 4.74 Å². The van der Waals surface area contributed by atoms with E-state index in [1.165, 1.54) is 0 Å². The van der Waals surface area contributed by atoms with Crippen molar-refractivity contribution < 1.29 is 14.3 Å². The molecule has 0 unspecified atom stereocenters. The van der Waals surface area contributed by atoms with E-state index in [1.54, 1.807) is 17.0 Å². The number of para-hydroxylation sites is 1. The topological polar surface area (TPSA) is 58.6 Å². The number of rotatable bonds is 5. The molecule has 2 aromatic carbocycles. The van der Waals surface area contributed by atoms with E-state index in [0.717, 1.165) is 24.2 Å². The average Bonchev–Trinajstić information content (AvgIpc) is 3.00. The van der Waals surface area contributed by atoms with Gasteiger partial charge in [0.2, 0.25) is 5.91 Å². The monoisotopic (exact) mass is 324 g/mol. The van der Waals surface area contributed by atoms with E-state index in [-0.39, 0.29) is 18.4 Å². The minimum absolute atomic E-state index is 0.0462. The fraction of sp³-hybridized carbons (Fsp3) is 0.263. The van der Waals surface area contributed by atoms with Gasteiger partial charge in [-0.15, -0.1) is 0 Å². The van der Waals surface area contributed by atoms with Crippen LogP contribution in [0.5, 0.6) is 5.75 Å². The second kappa shape index (κ2) is 7.17. The molecule has 1 saturated heterocycles. The SMILES string of the molecule is Cc1cc(NC(=O)COc2ccccc2)ccc1N1CCCC1=O. The molecule has 5 heteroatoms. The zero-order chi connectivity index (χ0) is 16.9. The highest BCUT2D eigenvalue weighted by molar-refractivity contribution is 5.97. The third-order valence-electron chi connectivity index (χ3n) is 3.96. The maximum absolute atomic E-state index is 12.0. The van der Waals surface area contributed by atoms with Gasteiger partial charge in [-0.3, -0.25) is 9.59 Å². The highest BCUT2D eigenvalue weighted by atomic mass is 16.5. The highest BCUT2D eigenvalue weighted by Crippen LogP contribution is 2.27. The Hall–Kier alpha value is -2.82. The van der Waals surface area contributed by atoms with Crippen LogP contribution in [0.25, 0.3) is 0 Å². The van der Waals surface area contributed by atoms with E-state index >= 15 is 0 Å². The molecule has 2 amide bonds. The van der Waals surface area contributed by atoms with Gasteiger partial charge in [0.1, 0.15) is 5.75 Å². The lowest BCUT2D eigenvalue weighted by atomic mass is 10.1. The predicted octanol–water partition coefficient (Wildman–Crippen LogP) is 3.14. The van der Waals surface area contributed by atoms with Crippen molar-refractivity contribution in [3.8, 4) is 5.75 Å². The number of nitrogens with zero attached hydrogens (tertiary/aromatic N) is 1. The van der Waals surface area contributed by atoms with Crippen LogP contribution in [-0.2, 0) is 9.59 Å². The zero-order valence-corrected chi connectivity index (χ0v) is 13.6. The highest BCUT2D eigenvalue weighted by Gasteiger charge is 2.22. The molecule has 0 aromatic heterocycles. The molecule has 3 rings (SSSR count). The Morgan fingerprint density at radius 1 is 1.21 bits per heavy atom. The van der Waals surface area contributed by atoms with Crippen LogP contribution in [0.15, 0.2) is 48.5 Å². The molecule has 0 aliphatic carbocycles. The van der Waals surface area contributed by atoms with Crippen LogP contribution in [-0.4, -0.2) is 25.0 Å². The van der Waals surface area contributed by atoms with E-state index in [1.807, 2.05) is 43.3 Å². The standard InChI is InChI=1S/C19H20N2O3/c1-14-12-15(9-10-17(14)21-11-5-8-19(21)23)20-18(22)13-24-16-6-3-2-4-7-16/h2-4,6-7,9-10,12H,5,8,11,13H2,1H3,(H,20,22). The lowest BCUT2D eigenvalue weighted by Gasteiger charge is -2.19. The molecule has 1 aliphatic rings. The van der Waals surface area contributed by atoms with Gasteiger partial charge in [0, 0.05) is 24.3 Å². The molecule has 0 bridgehead atoms. The van der Waals surface area contributed by atoms with Crippen LogP contribution in [0.4, 0.5) is 11.4 Å². The van der Waals surface area contributed by atoms with Crippen LogP contribution >= 0.6 is 0 Å². The van der Waals surface area contributed by atoms with Crippen molar-refractivity contribution in [2.75, 3.05) is 23.4 Å². The molecule has 5 nitrogen and oxygen atoms in total. The first-order valence-corrected chi connectivity index (χ1v) is 8.02. The number of carbonyl (C=O) groups is 2. The summed E-state index contributed by atoms with van der Waals surface area (Å²) in [6.07, 6.45) is 1.50. The molecule has 1 aliphatic heterocycles. The minimum Gasteiger partial charge on any atom is -0.484 e. The second-order valence-corrected chi connectivity index (χ2v) is 5.80. The number of carbonyl (C=O) groups excluding carboxylic acids is 2.